The van der Waals surface area contributed by atoms with Crippen LogP contribution in [0.4, 0.5) is 0 Å². The largest absolute Gasteiger partial charge is 0.392 e. The summed E-state index contributed by atoms with van der Waals surface area (Å²) in [5, 5.41) is 9.01. The van der Waals surface area contributed by atoms with Gasteiger partial charge in [-0.15, -0.1) is 0 Å². The van der Waals surface area contributed by atoms with Crippen LogP contribution in [0.5, 0.6) is 0 Å². The second-order valence-corrected chi connectivity index (χ2v) is 7.05. The Morgan fingerprint density at radius 2 is 1.95 bits per heavy atom. The summed E-state index contributed by atoms with van der Waals surface area (Å²) in [6, 6.07) is 4.73. The molecule has 108 valence electrons. The Kier molecular flexibility index (Phi) is 6.46. The van der Waals surface area contributed by atoms with Crippen LogP contribution in [0.3, 0.4) is 0 Å². The number of sulfonamides is 1. The molecule has 0 aliphatic rings. The van der Waals surface area contributed by atoms with E-state index in [4.69, 9.17) is 5.11 Å². The maximum absolute atomic E-state index is 12.2. The van der Waals surface area contributed by atoms with Gasteiger partial charge in [0.25, 0.3) is 0 Å². The monoisotopic (exact) mass is 349 g/mol. The molecular weight excluding hydrogens is 330 g/mol. The van der Waals surface area contributed by atoms with E-state index >= 15 is 0 Å². The van der Waals surface area contributed by atoms with Gasteiger partial charge < -0.3 is 5.11 Å². The molecule has 0 radical (unpaired) electrons. The normalized spacial score (nSPS) is 12.1. The Labute approximate surface area is 123 Å². The summed E-state index contributed by atoms with van der Waals surface area (Å²) in [5.41, 5.74) is 0.672. The van der Waals surface area contributed by atoms with Crippen molar-refractivity contribution in [1.29, 1.82) is 0 Å². The first-order chi connectivity index (χ1) is 8.94. The molecule has 1 aromatic carbocycles. The maximum Gasteiger partial charge on any atom is 0.241 e. The van der Waals surface area contributed by atoms with Gasteiger partial charge in [0, 0.05) is 11.0 Å². The molecule has 1 aromatic rings. The zero-order valence-electron chi connectivity index (χ0n) is 11.2. The lowest BCUT2D eigenvalue weighted by Gasteiger charge is -2.14. The molecule has 0 amide bonds. The number of aliphatic hydroxyl groups excluding tert-OH is 1. The molecule has 0 atom stereocenters. The summed E-state index contributed by atoms with van der Waals surface area (Å²) in [6.07, 6.45) is 1.90. The number of aliphatic hydroxyl groups is 1. The van der Waals surface area contributed by atoms with Crippen molar-refractivity contribution < 1.29 is 13.5 Å². The van der Waals surface area contributed by atoms with Crippen molar-refractivity contribution >= 4 is 26.0 Å². The van der Waals surface area contributed by atoms with Crippen molar-refractivity contribution in [3.63, 3.8) is 0 Å². The minimum Gasteiger partial charge on any atom is -0.392 e. The van der Waals surface area contributed by atoms with Crippen molar-refractivity contribution in [2.24, 2.45) is 5.92 Å². The second kappa shape index (κ2) is 7.38. The summed E-state index contributed by atoms with van der Waals surface area (Å²) >= 11 is 3.23. The highest BCUT2D eigenvalue weighted by Gasteiger charge is 2.18. The van der Waals surface area contributed by atoms with Gasteiger partial charge >= 0.3 is 0 Å². The average molecular weight is 350 g/mol. The van der Waals surface area contributed by atoms with Gasteiger partial charge in [0.2, 0.25) is 10.0 Å². The molecule has 2 N–H and O–H groups in total. The fraction of sp³-hybridized carbons (Fsp3) is 0.538. The van der Waals surface area contributed by atoms with Gasteiger partial charge in [0.15, 0.2) is 0 Å². The van der Waals surface area contributed by atoms with Gasteiger partial charge in [-0.3, -0.25) is 0 Å². The SMILES string of the molecule is CCC(CC)CNS(=O)(=O)c1ccc(CO)cc1Br. The lowest BCUT2D eigenvalue weighted by molar-refractivity contribution is 0.281. The molecule has 0 aliphatic heterocycles. The van der Waals surface area contributed by atoms with E-state index in [1.807, 2.05) is 0 Å². The highest BCUT2D eigenvalue weighted by molar-refractivity contribution is 9.10. The molecule has 0 spiro atoms. The number of hydrogen-bond donors (Lipinski definition) is 2. The van der Waals surface area contributed by atoms with Crippen LogP contribution >= 0.6 is 15.9 Å². The molecule has 1 rings (SSSR count). The van der Waals surface area contributed by atoms with E-state index in [0.29, 0.717) is 22.5 Å². The molecule has 0 unspecified atom stereocenters. The van der Waals surface area contributed by atoms with Gasteiger partial charge in [-0.05, 0) is 39.5 Å². The number of benzene rings is 1. The van der Waals surface area contributed by atoms with Gasteiger partial charge in [-0.1, -0.05) is 32.8 Å². The predicted octanol–water partition coefficient (Wildman–Crippen LogP) is 2.66. The predicted molar refractivity (Wildman–Crippen MR) is 79.3 cm³/mol. The minimum atomic E-state index is -3.51. The summed E-state index contributed by atoms with van der Waals surface area (Å²) in [4.78, 5) is 0.204. The summed E-state index contributed by atoms with van der Waals surface area (Å²) in [7, 11) is -3.51. The lowest BCUT2D eigenvalue weighted by Crippen LogP contribution is -2.29. The number of rotatable bonds is 7. The van der Waals surface area contributed by atoms with Crippen LogP contribution in [-0.2, 0) is 16.6 Å². The zero-order valence-corrected chi connectivity index (χ0v) is 13.6. The van der Waals surface area contributed by atoms with Crippen molar-refractivity contribution in [3.8, 4) is 0 Å². The third-order valence-corrected chi connectivity index (χ3v) is 5.59. The van der Waals surface area contributed by atoms with Crippen molar-refractivity contribution in [1.82, 2.24) is 4.72 Å². The Morgan fingerprint density at radius 3 is 2.42 bits per heavy atom. The molecule has 0 saturated heterocycles. The van der Waals surface area contributed by atoms with Crippen LogP contribution in [0.2, 0.25) is 0 Å². The average Bonchev–Trinajstić information content (AvgIpc) is 2.39. The highest BCUT2D eigenvalue weighted by Crippen LogP contribution is 2.23. The standard InChI is InChI=1S/C13H20BrNO3S/c1-3-10(4-2)8-15-19(17,18)13-6-5-11(9-16)7-12(13)14/h5-7,10,15-16H,3-4,8-9H2,1-2H3. The second-order valence-electron chi connectivity index (χ2n) is 4.46. The van der Waals surface area contributed by atoms with Crippen LogP contribution in [-0.4, -0.2) is 20.1 Å². The van der Waals surface area contributed by atoms with E-state index in [9.17, 15) is 8.42 Å². The van der Waals surface area contributed by atoms with Crippen LogP contribution in [0.1, 0.15) is 32.3 Å². The van der Waals surface area contributed by atoms with Crippen LogP contribution < -0.4 is 4.72 Å². The molecule has 4 nitrogen and oxygen atoms in total. The molecule has 0 heterocycles. The van der Waals surface area contributed by atoms with Crippen LogP contribution in [0.15, 0.2) is 27.6 Å². The minimum absolute atomic E-state index is 0.111. The first-order valence-corrected chi connectivity index (χ1v) is 8.61. The quantitative estimate of drug-likeness (QED) is 0.795. The fourth-order valence-corrected chi connectivity index (χ4v) is 3.98. The summed E-state index contributed by atoms with van der Waals surface area (Å²) in [6.45, 7) is 4.44. The Balaban J connectivity index is 2.88. The van der Waals surface area contributed by atoms with Crippen molar-refractivity contribution in [3.05, 3.63) is 28.2 Å². The first kappa shape index (κ1) is 16.6. The number of halogens is 1. The van der Waals surface area contributed by atoms with Gasteiger partial charge in [-0.25, -0.2) is 13.1 Å². The third-order valence-electron chi connectivity index (χ3n) is 3.19. The molecule has 0 aliphatic carbocycles. The number of hydrogen-bond acceptors (Lipinski definition) is 3. The van der Waals surface area contributed by atoms with Gasteiger partial charge in [0.05, 0.1) is 11.5 Å². The molecule has 0 aromatic heterocycles. The zero-order chi connectivity index (χ0) is 14.5. The van der Waals surface area contributed by atoms with Crippen LogP contribution in [0.25, 0.3) is 0 Å². The maximum atomic E-state index is 12.2. The number of nitrogens with one attached hydrogen (secondary N) is 1. The fourth-order valence-electron chi connectivity index (χ4n) is 1.74. The van der Waals surface area contributed by atoms with Crippen LogP contribution in [0, 0.1) is 5.92 Å². The topological polar surface area (TPSA) is 66.4 Å². The van der Waals surface area contributed by atoms with Crippen molar-refractivity contribution in [2.75, 3.05) is 6.54 Å². The lowest BCUT2D eigenvalue weighted by atomic mass is 10.0. The first-order valence-electron chi connectivity index (χ1n) is 6.33. The van der Waals surface area contributed by atoms with E-state index in [-0.39, 0.29) is 11.5 Å². The van der Waals surface area contributed by atoms with E-state index in [2.05, 4.69) is 34.5 Å². The summed E-state index contributed by atoms with van der Waals surface area (Å²) < 4.78 is 27.5. The Morgan fingerprint density at radius 1 is 1.32 bits per heavy atom. The molecule has 0 fully saturated rings. The summed E-state index contributed by atoms with van der Waals surface area (Å²) in [5.74, 6) is 0.352. The van der Waals surface area contributed by atoms with Crippen molar-refractivity contribution in [2.45, 2.75) is 38.2 Å². The molecule has 0 saturated carbocycles. The van der Waals surface area contributed by atoms with E-state index in [0.717, 1.165) is 12.8 Å². The highest BCUT2D eigenvalue weighted by atomic mass is 79.9. The molecular formula is C13H20BrNO3S. The molecule has 19 heavy (non-hydrogen) atoms. The Hall–Kier alpha value is -0.430. The smallest absolute Gasteiger partial charge is 0.241 e. The molecule has 6 heteroatoms. The van der Waals surface area contributed by atoms with E-state index < -0.39 is 10.0 Å². The molecule has 0 bridgehead atoms. The van der Waals surface area contributed by atoms with E-state index in [1.54, 1.807) is 12.1 Å². The van der Waals surface area contributed by atoms with E-state index in [1.165, 1.54) is 6.07 Å². The van der Waals surface area contributed by atoms with Gasteiger partial charge in [-0.2, -0.15) is 0 Å². The van der Waals surface area contributed by atoms with Gasteiger partial charge in [0.1, 0.15) is 0 Å². The third kappa shape index (κ3) is 4.56. The Bertz CT molecular complexity index is 513.